The van der Waals surface area contributed by atoms with Gasteiger partial charge in [-0.25, -0.2) is 0 Å². The second-order valence-corrected chi connectivity index (χ2v) is 6.95. The fourth-order valence-corrected chi connectivity index (χ4v) is 3.57. The lowest BCUT2D eigenvalue weighted by molar-refractivity contribution is -0.151. The van der Waals surface area contributed by atoms with Crippen LogP contribution in [0.25, 0.3) is 0 Å². The number of hydrogen-bond acceptors (Lipinski definition) is 5. The Hall–Kier alpha value is -3.22. The van der Waals surface area contributed by atoms with Gasteiger partial charge in [0.1, 0.15) is 0 Å². The molecule has 0 unspecified atom stereocenters. The van der Waals surface area contributed by atoms with Crippen LogP contribution >= 0.6 is 0 Å². The van der Waals surface area contributed by atoms with Gasteiger partial charge in [0.25, 0.3) is 11.5 Å². The molecule has 0 aliphatic carbocycles. The largest absolute Gasteiger partial charge is 0.466 e. The topological polar surface area (TPSA) is 85.7 Å². The van der Waals surface area contributed by atoms with Crippen molar-refractivity contribution in [2.24, 2.45) is 5.92 Å². The summed E-state index contributed by atoms with van der Waals surface area (Å²) in [6.45, 7) is 2.62. The predicted octanol–water partition coefficient (Wildman–Crippen LogP) is 2.07. The molecule has 0 radical (unpaired) electrons. The third kappa shape index (κ3) is 4.62. The normalized spacial score (nSPS) is 17.4. The highest BCUT2D eigenvalue weighted by molar-refractivity contribution is 6.11. The molecule has 1 aliphatic heterocycles. The molecular weight excluding hydrogens is 372 g/mol. The van der Waals surface area contributed by atoms with Crippen LogP contribution < -0.4 is 5.56 Å². The van der Waals surface area contributed by atoms with Gasteiger partial charge >= 0.3 is 5.97 Å². The zero-order valence-electron chi connectivity index (χ0n) is 16.3. The third-order valence-corrected chi connectivity index (χ3v) is 5.02. The molecule has 0 spiro atoms. The monoisotopic (exact) mass is 396 g/mol. The maximum atomic E-state index is 13.4. The number of aromatic nitrogens is 1. The summed E-state index contributed by atoms with van der Waals surface area (Å²) < 4.78 is 6.25. The second kappa shape index (κ2) is 9.32. The van der Waals surface area contributed by atoms with Crippen molar-refractivity contribution in [3.05, 3.63) is 70.6 Å². The second-order valence-electron chi connectivity index (χ2n) is 6.95. The van der Waals surface area contributed by atoms with E-state index in [9.17, 15) is 19.2 Å². The number of carbonyl (C=O) groups is 3. The van der Waals surface area contributed by atoms with Crippen molar-refractivity contribution in [2.75, 3.05) is 19.7 Å². The molecule has 0 saturated carbocycles. The van der Waals surface area contributed by atoms with Crippen molar-refractivity contribution < 1.29 is 19.1 Å². The van der Waals surface area contributed by atoms with E-state index in [4.69, 9.17) is 4.74 Å². The summed E-state index contributed by atoms with van der Waals surface area (Å²) in [7, 11) is 0. The highest BCUT2D eigenvalue weighted by Gasteiger charge is 2.37. The molecule has 0 bridgehead atoms. The number of pyridine rings is 1. The maximum Gasteiger partial charge on any atom is 0.310 e. The Morgan fingerprint density at radius 1 is 1.10 bits per heavy atom. The fraction of sp³-hybridized carbons (Fsp3) is 0.364. The molecule has 1 amide bonds. The minimum absolute atomic E-state index is 0.178. The van der Waals surface area contributed by atoms with Crippen molar-refractivity contribution in [3.63, 3.8) is 0 Å². The average Bonchev–Trinajstić information content (AvgIpc) is 2.76. The van der Waals surface area contributed by atoms with E-state index in [2.05, 4.69) is 0 Å². The van der Waals surface area contributed by atoms with Gasteiger partial charge in [0.15, 0.2) is 11.8 Å². The number of ether oxygens (including phenoxy) is 1. The summed E-state index contributed by atoms with van der Waals surface area (Å²) in [6, 6.07) is 11.6. The third-order valence-electron chi connectivity index (χ3n) is 5.02. The van der Waals surface area contributed by atoms with Crippen molar-refractivity contribution in [3.8, 4) is 0 Å². The molecule has 1 fully saturated rings. The van der Waals surface area contributed by atoms with Gasteiger partial charge in [-0.05, 0) is 25.8 Å². The predicted molar refractivity (Wildman–Crippen MR) is 106 cm³/mol. The zero-order valence-corrected chi connectivity index (χ0v) is 16.3. The molecule has 0 N–H and O–H groups in total. The van der Waals surface area contributed by atoms with Crippen molar-refractivity contribution in [1.29, 1.82) is 0 Å². The fourth-order valence-electron chi connectivity index (χ4n) is 3.57. The first-order valence-corrected chi connectivity index (χ1v) is 9.74. The lowest BCUT2D eigenvalue weighted by atomic mass is 9.96. The van der Waals surface area contributed by atoms with Gasteiger partial charge < -0.3 is 9.64 Å². The number of nitrogens with zero attached hydrogens (tertiary/aromatic N) is 2. The summed E-state index contributed by atoms with van der Waals surface area (Å²) in [6.07, 6.45) is 2.70. The van der Waals surface area contributed by atoms with Crippen LogP contribution in [0.4, 0.5) is 0 Å². The minimum atomic E-state index is -1.31. The van der Waals surface area contributed by atoms with Crippen molar-refractivity contribution >= 4 is 17.7 Å². The molecule has 2 heterocycles. The molecule has 1 saturated heterocycles. The SMILES string of the molecule is CCOC(=O)[C@H]1CCCN(C(=O)[C@@H](C(=O)c2ccccc2)n2ccccc2=O)C1. The first kappa shape index (κ1) is 20.5. The molecule has 1 aromatic carbocycles. The Bertz CT molecular complexity index is 937. The molecule has 152 valence electrons. The number of amides is 1. The first-order valence-electron chi connectivity index (χ1n) is 9.74. The van der Waals surface area contributed by atoms with E-state index in [-0.39, 0.29) is 19.1 Å². The standard InChI is InChI=1S/C22H24N2O5/c1-2-29-22(28)17-11-8-13-23(15-17)21(27)19(24-14-7-6-12-18(24)25)20(26)16-9-4-3-5-10-16/h3-7,9-10,12,14,17,19H,2,8,11,13,15H2,1H3/t17-,19+/m0/s1. The van der Waals surface area contributed by atoms with Crippen LogP contribution in [0.5, 0.6) is 0 Å². The molecule has 1 aliphatic rings. The van der Waals surface area contributed by atoms with E-state index in [1.807, 2.05) is 0 Å². The maximum absolute atomic E-state index is 13.4. The number of ketones is 1. The molecule has 2 aromatic rings. The summed E-state index contributed by atoms with van der Waals surface area (Å²) in [5, 5.41) is 0. The number of hydrogen-bond donors (Lipinski definition) is 0. The summed E-state index contributed by atoms with van der Waals surface area (Å²) in [5.74, 6) is -1.70. The minimum Gasteiger partial charge on any atom is -0.466 e. The lowest BCUT2D eigenvalue weighted by Crippen LogP contribution is -2.48. The Kier molecular flexibility index (Phi) is 6.59. The van der Waals surface area contributed by atoms with Crippen molar-refractivity contribution in [2.45, 2.75) is 25.8 Å². The van der Waals surface area contributed by atoms with E-state index in [0.29, 0.717) is 24.9 Å². The lowest BCUT2D eigenvalue weighted by Gasteiger charge is -2.34. The molecule has 7 heteroatoms. The smallest absolute Gasteiger partial charge is 0.310 e. The van der Waals surface area contributed by atoms with E-state index in [0.717, 1.165) is 4.57 Å². The van der Waals surface area contributed by atoms with Gasteiger partial charge in [0, 0.05) is 30.9 Å². The number of carbonyl (C=O) groups excluding carboxylic acids is 3. The molecule has 3 rings (SSSR count). The van der Waals surface area contributed by atoms with Crippen LogP contribution in [0, 0.1) is 5.92 Å². The van der Waals surface area contributed by atoms with Crippen LogP contribution in [0.15, 0.2) is 59.5 Å². The van der Waals surface area contributed by atoms with Gasteiger partial charge in [-0.15, -0.1) is 0 Å². The van der Waals surface area contributed by atoms with E-state index >= 15 is 0 Å². The number of esters is 1. The molecule has 2 atom stereocenters. The van der Waals surface area contributed by atoms with Crippen LogP contribution in [0.1, 0.15) is 36.2 Å². The first-order chi connectivity index (χ1) is 14.0. The van der Waals surface area contributed by atoms with Crippen LogP contribution in [0.3, 0.4) is 0 Å². The number of rotatable bonds is 6. The Morgan fingerprint density at radius 3 is 2.52 bits per heavy atom. The van der Waals surface area contributed by atoms with Crippen LogP contribution in [-0.4, -0.2) is 46.8 Å². The number of Topliss-reactive ketones (excluding diaryl/α,β-unsaturated/α-hetero) is 1. The Balaban J connectivity index is 1.93. The quantitative estimate of drug-likeness (QED) is 0.424. The number of benzene rings is 1. The summed E-state index contributed by atoms with van der Waals surface area (Å²) >= 11 is 0. The van der Waals surface area contributed by atoms with E-state index in [1.165, 1.54) is 17.2 Å². The highest BCUT2D eigenvalue weighted by atomic mass is 16.5. The van der Waals surface area contributed by atoms with Gasteiger partial charge in [-0.3, -0.25) is 23.7 Å². The highest BCUT2D eigenvalue weighted by Crippen LogP contribution is 2.23. The zero-order chi connectivity index (χ0) is 20.8. The van der Waals surface area contributed by atoms with Crippen LogP contribution in [-0.2, 0) is 14.3 Å². The summed E-state index contributed by atoms with van der Waals surface area (Å²) in [4.78, 5) is 52.6. The molecular formula is C22H24N2O5. The molecule has 29 heavy (non-hydrogen) atoms. The van der Waals surface area contributed by atoms with Gasteiger partial charge in [-0.2, -0.15) is 0 Å². The Labute approximate surface area is 168 Å². The van der Waals surface area contributed by atoms with Gasteiger partial charge in [0.2, 0.25) is 0 Å². The van der Waals surface area contributed by atoms with Crippen LogP contribution in [0.2, 0.25) is 0 Å². The average molecular weight is 396 g/mol. The van der Waals surface area contributed by atoms with E-state index in [1.54, 1.807) is 49.4 Å². The van der Waals surface area contributed by atoms with E-state index < -0.39 is 29.2 Å². The van der Waals surface area contributed by atoms with Gasteiger partial charge in [0.05, 0.1) is 12.5 Å². The van der Waals surface area contributed by atoms with Crippen molar-refractivity contribution in [1.82, 2.24) is 9.47 Å². The summed E-state index contributed by atoms with van der Waals surface area (Å²) in [5.41, 5.74) is -0.0883. The number of likely N-dealkylation sites (tertiary alicyclic amines) is 1. The molecule has 7 nitrogen and oxygen atoms in total. The number of piperidine rings is 1. The Morgan fingerprint density at radius 2 is 1.83 bits per heavy atom. The molecule has 1 aromatic heterocycles. The van der Waals surface area contributed by atoms with Gasteiger partial charge in [-0.1, -0.05) is 36.4 Å².